The van der Waals surface area contributed by atoms with E-state index in [-0.39, 0.29) is 29.3 Å². The van der Waals surface area contributed by atoms with Crippen LogP contribution in [0.25, 0.3) is 10.9 Å². The molecule has 11 heteroatoms. The summed E-state index contributed by atoms with van der Waals surface area (Å²) < 4.78 is 56.1. The standard InChI is InChI=1S/C27H30ClF4N5O/c1-26(2,29)14-37-24(28)20(13-33-37)25(38)35-18-5-3-4-17(11-18)34-22-12-23(27(30,31)32)36-21-9-8-16(10-19(21)22)15-6-7-15/h8-10,12-13,15,17-18H,3-7,11,14H2,1-2H3,(H,34,36)(H,35,38)/t17?,18-/m1/s1. The summed E-state index contributed by atoms with van der Waals surface area (Å²) in [5, 5.41) is 11.1. The van der Waals surface area contributed by atoms with Crippen molar-refractivity contribution in [2.45, 2.75) is 88.8 Å². The van der Waals surface area contributed by atoms with Crippen molar-refractivity contribution in [1.82, 2.24) is 20.1 Å². The van der Waals surface area contributed by atoms with E-state index in [0.717, 1.165) is 43.7 Å². The van der Waals surface area contributed by atoms with Crippen LogP contribution in [0, 0.1) is 0 Å². The fourth-order valence-corrected chi connectivity index (χ4v) is 5.34. The van der Waals surface area contributed by atoms with Gasteiger partial charge in [0.05, 0.1) is 23.8 Å². The van der Waals surface area contributed by atoms with Crippen LogP contribution in [0.15, 0.2) is 30.5 Å². The van der Waals surface area contributed by atoms with Crippen LogP contribution in [0.4, 0.5) is 23.2 Å². The monoisotopic (exact) mass is 551 g/mol. The van der Waals surface area contributed by atoms with E-state index in [9.17, 15) is 22.4 Å². The summed E-state index contributed by atoms with van der Waals surface area (Å²) in [5.74, 6) is 0.0438. The lowest BCUT2D eigenvalue weighted by molar-refractivity contribution is -0.140. The average molecular weight is 552 g/mol. The van der Waals surface area contributed by atoms with Crippen LogP contribution in [-0.2, 0) is 12.7 Å². The lowest BCUT2D eigenvalue weighted by Crippen LogP contribution is -2.41. The van der Waals surface area contributed by atoms with Crippen molar-refractivity contribution < 1.29 is 22.4 Å². The number of aromatic nitrogens is 3. The predicted molar refractivity (Wildman–Crippen MR) is 138 cm³/mol. The topological polar surface area (TPSA) is 71.8 Å². The Balaban J connectivity index is 1.32. The second-order valence-corrected chi connectivity index (χ2v) is 11.4. The van der Waals surface area contributed by atoms with E-state index < -0.39 is 23.4 Å². The number of pyridine rings is 1. The number of fused-ring (bicyclic) bond motifs is 1. The summed E-state index contributed by atoms with van der Waals surface area (Å²) in [6.07, 6.45) is 1.72. The molecule has 2 aliphatic carbocycles. The molecule has 0 radical (unpaired) electrons. The largest absolute Gasteiger partial charge is 0.433 e. The maximum absolute atomic E-state index is 14.0. The number of halogens is 5. The van der Waals surface area contributed by atoms with Crippen LogP contribution in [0.1, 0.15) is 79.9 Å². The molecule has 2 aromatic heterocycles. The SMILES string of the molecule is CC(C)(F)Cn1ncc(C(=O)N[C@@H]2CCCC(Nc3cc(C(F)(F)F)nc4ccc(C5CC5)cc34)C2)c1Cl. The quantitative estimate of drug-likeness (QED) is 0.314. The van der Waals surface area contributed by atoms with E-state index in [2.05, 4.69) is 20.7 Å². The van der Waals surface area contributed by atoms with Gasteiger partial charge in [-0.1, -0.05) is 17.7 Å². The number of alkyl halides is 4. The van der Waals surface area contributed by atoms with Gasteiger partial charge in [0, 0.05) is 23.2 Å². The second-order valence-electron chi connectivity index (χ2n) is 11.0. The molecule has 204 valence electrons. The van der Waals surface area contributed by atoms with Gasteiger partial charge in [-0.15, -0.1) is 0 Å². The third-order valence-electron chi connectivity index (χ3n) is 7.09. The molecule has 2 N–H and O–H groups in total. The molecule has 2 saturated carbocycles. The van der Waals surface area contributed by atoms with Crippen molar-refractivity contribution in [3.05, 3.63) is 52.4 Å². The number of hydrogen-bond donors (Lipinski definition) is 2. The smallest absolute Gasteiger partial charge is 0.382 e. The lowest BCUT2D eigenvalue weighted by atomic mass is 9.90. The predicted octanol–water partition coefficient (Wildman–Crippen LogP) is 6.88. The molecule has 0 spiro atoms. The zero-order valence-corrected chi connectivity index (χ0v) is 22.0. The number of benzene rings is 1. The third-order valence-corrected chi connectivity index (χ3v) is 7.49. The average Bonchev–Trinajstić information content (AvgIpc) is 3.62. The molecule has 5 rings (SSSR count). The minimum atomic E-state index is -4.57. The van der Waals surface area contributed by atoms with Gasteiger partial charge >= 0.3 is 6.18 Å². The second kappa shape index (κ2) is 10.0. The summed E-state index contributed by atoms with van der Waals surface area (Å²) >= 11 is 6.29. The fraction of sp³-hybridized carbons (Fsp3) is 0.519. The van der Waals surface area contributed by atoms with Gasteiger partial charge < -0.3 is 10.6 Å². The van der Waals surface area contributed by atoms with Crippen LogP contribution in [0.5, 0.6) is 0 Å². The number of amides is 1. The van der Waals surface area contributed by atoms with Crippen molar-refractivity contribution in [2.75, 3.05) is 5.32 Å². The Morgan fingerprint density at radius 3 is 2.53 bits per heavy atom. The highest BCUT2D eigenvalue weighted by molar-refractivity contribution is 6.32. The van der Waals surface area contributed by atoms with Gasteiger partial charge in [-0.05, 0) is 82.1 Å². The van der Waals surface area contributed by atoms with Gasteiger partial charge in [0.15, 0.2) is 0 Å². The molecule has 3 aromatic rings. The highest BCUT2D eigenvalue weighted by Crippen LogP contribution is 2.42. The minimum absolute atomic E-state index is 0.0631. The summed E-state index contributed by atoms with van der Waals surface area (Å²) in [4.78, 5) is 16.8. The Morgan fingerprint density at radius 1 is 1.11 bits per heavy atom. The van der Waals surface area contributed by atoms with E-state index in [0.29, 0.717) is 28.9 Å². The van der Waals surface area contributed by atoms with Crippen molar-refractivity contribution in [2.24, 2.45) is 0 Å². The normalized spacial score (nSPS) is 20.5. The van der Waals surface area contributed by atoms with Crippen molar-refractivity contribution in [1.29, 1.82) is 0 Å². The molecular weight excluding hydrogens is 522 g/mol. The number of hydrogen-bond acceptors (Lipinski definition) is 4. The van der Waals surface area contributed by atoms with Crippen molar-refractivity contribution in [3.8, 4) is 0 Å². The van der Waals surface area contributed by atoms with Gasteiger partial charge in [0.25, 0.3) is 5.91 Å². The Hall–Kier alpha value is -2.88. The summed E-state index contributed by atoms with van der Waals surface area (Å²) in [6, 6.07) is 6.22. The molecule has 0 bridgehead atoms. The third kappa shape index (κ3) is 6.06. The van der Waals surface area contributed by atoms with Gasteiger partial charge in [-0.25, -0.2) is 14.1 Å². The number of rotatable bonds is 7. The first-order valence-electron chi connectivity index (χ1n) is 12.9. The van der Waals surface area contributed by atoms with E-state index in [1.54, 1.807) is 6.07 Å². The molecular formula is C27H30ClF4N5O. The number of nitrogens with one attached hydrogen (secondary N) is 2. The summed E-state index contributed by atoms with van der Waals surface area (Å²) in [5.41, 5.74) is -0.502. The maximum Gasteiger partial charge on any atom is 0.433 e. The van der Waals surface area contributed by atoms with Gasteiger partial charge in [0.2, 0.25) is 0 Å². The Labute approximate surface area is 223 Å². The van der Waals surface area contributed by atoms with Crippen molar-refractivity contribution in [3.63, 3.8) is 0 Å². The van der Waals surface area contributed by atoms with Crippen LogP contribution in [0.2, 0.25) is 5.15 Å². The summed E-state index contributed by atoms with van der Waals surface area (Å²) in [6.45, 7) is 2.71. The van der Waals surface area contributed by atoms with E-state index in [1.807, 2.05) is 12.1 Å². The van der Waals surface area contributed by atoms with Gasteiger partial charge in [-0.2, -0.15) is 18.3 Å². The molecule has 2 fully saturated rings. The van der Waals surface area contributed by atoms with Crippen LogP contribution >= 0.6 is 11.6 Å². The zero-order valence-electron chi connectivity index (χ0n) is 21.2. The first-order valence-corrected chi connectivity index (χ1v) is 13.2. The van der Waals surface area contributed by atoms with Crippen LogP contribution in [0.3, 0.4) is 0 Å². The Kier molecular flexibility index (Phi) is 7.04. The Bertz CT molecular complexity index is 1350. The molecule has 0 aliphatic heterocycles. The van der Waals surface area contributed by atoms with Crippen molar-refractivity contribution >= 4 is 34.1 Å². The maximum atomic E-state index is 14.0. The molecule has 0 saturated heterocycles. The highest BCUT2D eigenvalue weighted by atomic mass is 35.5. The van der Waals surface area contributed by atoms with Crippen LogP contribution in [-0.4, -0.2) is 38.4 Å². The molecule has 2 heterocycles. The summed E-state index contributed by atoms with van der Waals surface area (Å²) in [7, 11) is 0. The first kappa shape index (κ1) is 26.7. The molecule has 1 aromatic carbocycles. The number of anilines is 1. The van der Waals surface area contributed by atoms with Gasteiger partial charge in [0.1, 0.15) is 16.5 Å². The van der Waals surface area contributed by atoms with E-state index in [4.69, 9.17) is 11.6 Å². The molecule has 1 unspecified atom stereocenters. The molecule has 2 aliphatic rings. The first-order chi connectivity index (χ1) is 17.9. The lowest BCUT2D eigenvalue weighted by Gasteiger charge is -2.31. The minimum Gasteiger partial charge on any atom is -0.382 e. The molecule has 1 amide bonds. The Morgan fingerprint density at radius 2 is 1.84 bits per heavy atom. The zero-order chi connectivity index (χ0) is 27.2. The van der Waals surface area contributed by atoms with Crippen LogP contribution < -0.4 is 10.6 Å². The van der Waals surface area contributed by atoms with E-state index >= 15 is 0 Å². The number of carbonyl (C=O) groups is 1. The fourth-order valence-electron chi connectivity index (χ4n) is 5.10. The van der Waals surface area contributed by atoms with Gasteiger partial charge in [-0.3, -0.25) is 4.79 Å². The number of carbonyl (C=O) groups excluding carboxylic acids is 1. The molecule has 2 atom stereocenters. The van der Waals surface area contributed by atoms with E-state index in [1.165, 1.54) is 24.7 Å². The highest BCUT2D eigenvalue weighted by Gasteiger charge is 2.34. The number of nitrogens with zero attached hydrogens (tertiary/aromatic N) is 3. The molecule has 38 heavy (non-hydrogen) atoms. The molecule has 6 nitrogen and oxygen atoms in total.